The van der Waals surface area contributed by atoms with Crippen LogP contribution in [0, 0.1) is 0 Å². The molecule has 0 rings (SSSR count). The molecule has 0 unspecified atom stereocenters. The number of primary amides is 1. The molecule has 3 heteroatoms. The lowest BCUT2D eigenvalue weighted by Crippen LogP contribution is -2.02. The standard InChI is InChI=1S/C3H6N2O/c1-2-5-3(4)6/h2H,1H3,(H2,4,6)/p+1. The predicted octanol–water partition coefficient (Wildman–Crippen LogP) is 0.268. The SMILES string of the molecule is CC=NC(N)=O.[H+]. The zero-order valence-corrected chi connectivity index (χ0v) is 3.51. The third-order valence-corrected chi connectivity index (χ3v) is 0.256. The highest BCUT2D eigenvalue weighted by molar-refractivity contribution is 5.81. The Morgan fingerprint density at radius 1 is 2.17 bits per heavy atom. The van der Waals surface area contributed by atoms with E-state index in [1.807, 2.05) is 0 Å². The summed E-state index contributed by atoms with van der Waals surface area (Å²) < 4.78 is 0. The van der Waals surface area contributed by atoms with Crippen LogP contribution in [0.5, 0.6) is 0 Å². The lowest BCUT2D eigenvalue weighted by atomic mass is 10.9. The summed E-state index contributed by atoms with van der Waals surface area (Å²) in [4.78, 5) is 12.8. The van der Waals surface area contributed by atoms with Crippen LogP contribution in [0.1, 0.15) is 8.35 Å². The van der Waals surface area contributed by atoms with Crippen LogP contribution in [0.25, 0.3) is 0 Å². The van der Waals surface area contributed by atoms with E-state index in [2.05, 4.69) is 10.7 Å². The maximum Gasteiger partial charge on any atom is 1.00 e. The molecular formula is C3H7N2O+. The average molecular weight is 87.1 g/mol. The van der Waals surface area contributed by atoms with Crippen molar-refractivity contribution in [3.05, 3.63) is 0 Å². The van der Waals surface area contributed by atoms with Gasteiger partial charge in [0.15, 0.2) is 0 Å². The van der Waals surface area contributed by atoms with Gasteiger partial charge in [0.1, 0.15) is 0 Å². The van der Waals surface area contributed by atoms with E-state index in [1.54, 1.807) is 6.92 Å². The van der Waals surface area contributed by atoms with Gasteiger partial charge in [-0.2, -0.15) is 0 Å². The Labute approximate surface area is 37.4 Å². The number of rotatable bonds is 0. The zero-order valence-electron chi connectivity index (χ0n) is 4.51. The minimum absolute atomic E-state index is 0. The summed E-state index contributed by atoms with van der Waals surface area (Å²) in [7, 11) is 0. The number of aliphatic imine (C=N–C) groups is 1. The molecule has 2 amide bonds. The first-order valence-corrected chi connectivity index (χ1v) is 1.55. The number of nitrogens with two attached hydrogens (primary N) is 1. The molecule has 2 N–H and O–H groups in total. The Balaban J connectivity index is 0. The van der Waals surface area contributed by atoms with Gasteiger partial charge >= 0.3 is 7.46 Å². The molecule has 0 aromatic heterocycles. The quantitative estimate of drug-likeness (QED) is 0.423. The van der Waals surface area contributed by atoms with Gasteiger partial charge < -0.3 is 5.73 Å². The molecule has 0 fully saturated rings. The van der Waals surface area contributed by atoms with Crippen LogP contribution in [-0.4, -0.2) is 12.2 Å². The van der Waals surface area contributed by atoms with Crippen molar-refractivity contribution in [3.8, 4) is 0 Å². The first-order chi connectivity index (χ1) is 2.77. The number of hydrogen-bond donors (Lipinski definition) is 1. The molecule has 0 heterocycles. The molecule has 0 saturated heterocycles. The summed E-state index contributed by atoms with van der Waals surface area (Å²) in [5.41, 5.74) is 4.57. The van der Waals surface area contributed by atoms with Gasteiger partial charge in [0.05, 0.1) is 0 Å². The monoisotopic (exact) mass is 87.1 g/mol. The first kappa shape index (κ1) is 5.14. The molecule has 0 radical (unpaired) electrons. The van der Waals surface area contributed by atoms with Crippen molar-refractivity contribution >= 4 is 12.2 Å². The van der Waals surface area contributed by atoms with Crippen molar-refractivity contribution in [1.29, 1.82) is 0 Å². The van der Waals surface area contributed by atoms with E-state index in [4.69, 9.17) is 0 Å². The van der Waals surface area contributed by atoms with E-state index in [0.29, 0.717) is 0 Å². The Morgan fingerprint density at radius 2 is 2.67 bits per heavy atom. The van der Waals surface area contributed by atoms with Crippen molar-refractivity contribution in [1.82, 2.24) is 0 Å². The molecule has 0 aliphatic rings. The molecule has 6 heavy (non-hydrogen) atoms. The molecule has 0 aromatic rings. The molecule has 0 saturated carbocycles. The summed E-state index contributed by atoms with van der Waals surface area (Å²) in [6.45, 7) is 1.63. The van der Waals surface area contributed by atoms with Gasteiger partial charge in [0, 0.05) is 6.21 Å². The van der Waals surface area contributed by atoms with Gasteiger partial charge in [-0.15, -0.1) is 0 Å². The van der Waals surface area contributed by atoms with Crippen LogP contribution >= 0.6 is 0 Å². The number of amides is 2. The third kappa shape index (κ3) is 3.14. The minimum Gasteiger partial charge on any atom is -0.350 e. The van der Waals surface area contributed by atoms with Crippen molar-refractivity contribution in [3.63, 3.8) is 0 Å². The number of nitrogens with zero attached hydrogens (tertiary/aromatic N) is 1. The van der Waals surface area contributed by atoms with Gasteiger partial charge in [-0.05, 0) is 6.92 Å². The second-order valence-corrected chi connectivity index (χ2v) is 0.726. The van der Waals surface area contributed by atoms with Crippen LogP contribution in [-0.2, 0) is 0 Å². The number of hydrogen-bond acceptors (Lipinski definition) is 1. The van der Waals surface area contributed by atoms with Crippen molar-refractivity contribution in [2.75, 3.05) is 0 Å². The van der Waals surface area contributed by atoms with Gasteiger partial charge in [0.25, 0.3) is 0 Å². The second kappa shape index (κ2) is 2.38. The maximum absolute atomic E-state index is 9.62. The van der Waals surface area contributed by atoms with Crippen molar-refractivity contribution < 1.29 is 6.22 Å². The molecule has 0 aliphatic heterocycles. The van der Waals surface area contributed by atoms with E-state index < -0.39 is 6.03 Å². The number of carbonyl (C=O) groups excluding carboxylic acids is 1. The van der Waals surface area contributed by atoms with Crippen molar-refractivity contribution in [2.24, 2.45) is 10.7 Å². The molecule has 34 valence electrons. The summed E-state index contributed by atoms with van der Waals surface area (Å²) in [5, 5.41) is 0. The fourth-order valence-electron chi connectivity index (χ4n) is 0.127. The van der Waals surface area contributed by atoms with Crippen LogP contribution in [0.3, 0.4) is 0 Å². The molecule has 3 nitrogen and oxygen atoms in total. The van der Waals surface area contributed by atoms with Crippen LogP contribution < -0.4 is 5.73 Å². The van der Waals surface area contributed by atoms with Crippen LogP contribution in [0.15, 0.2) is 4.99 Å². The Bertz CT molecular complexity index is 81.0. The van der Waals surface area contributed by atoms with E-state index in [1.165, 1.54) is 6.21 Å². The highest BCUT2D eigenvalue weighted by Crippen LogP contribution is 1.59. The molecule has 0 aromatic carbocycles. The highest BCUT2D eigenvalue weighted by Gasteiger charge is 1.74. The Hall–Kier alpha value is -0.860. The molecule has 0 spiro atoms. The van der Waals surface area contributed by atoms with Gasteiger partial charge in [0.2, 0.25) is 0 Å². The highest BCUT2D eigenvalue weighted by atomic mass is 16.2. The van der Waals surface area contributed by atoms with Crippen LogP contribution in [0.4, 0.5) is 4.79 Å². The first-order valence-electron chi connectivity index (χ1n) is 1.55. The lowest BCUT2D eigenvalue weighted by molar-refractivity contribution is 0.257. The van der Waals surface area contributed by atoms with Crippen molar-refractivity contribution in [2.45, 2.75) is 6.92 Å². The van der Waals surface area contributed by atoms with E-state index in [-0.39, 0.29) is 1.43 Å². The summed E-state index contributed by atoms with van der Waals surface area (Å²) in [6.07, 6.45) is 1.35. The fraction of sp³-hybridized carbons (Fsp3) is 0.333. The fourth-order valence-corrected chi connectivity index (χ4v) is 0.127. The normalized spacial score (nSPS) is 9.50. The summed E-state index contributed by atoms with van der Waals surface area (Å²) >= 11 is 0. The average Bonchev–Trinajstić information content (AvgIpc) is 1.35. The maximum atomic E-state index is 9.62. The number of carbonyl (C=O) groups is 1. The molecular weight excluding hydrogens is 80.0 g/mol. The minimum atomic E-state index is -0.641. The van der Waals surface area contributed by atoms with Gasteiger partial charge in [-0.3, -0.25) is 0 Å². The zero-order chi connectivity index (χ0) is 4.99. The third-order valence-electron chi connectivity index (χ3n) is 0.256. The predicted molar refractivity (Wildman–Crippen MR) is 24.9 cm³/mol. The number of urea groups is 1. The Morgan fingerprint density at radius 3 is 2.67 bits per heavy atom. The Kier molecular flexibility index (Phi) is 2.04. The van der Waals surface area contributed by atoms with Gasteiger partial charge in [-0.1, -0.05) is 0 Å². The van der Waals surface area contributed by atoms with E-state index >= 15 is 0 Å². The molecule has 0 aliphatic carbocycles. The summed E-state index contributed by atoms with van der Waals surface area (Å²) in [5.74, 6) is 0. The molecule has 0 atom stereocenters. The topological polar surface area (TPSA) is 55.4 Å². The summed E-state index contributed by atoms with van der Waals surface area (Å²) in [6, 6.07) is -0.641. The molecule has 0 bridgehead atoms. The smallest absolute Gasteiger partial charge is 0.350 e. The second-order valence-electron chi connectivity index (χ2n) is 0.726. The van der Waals surface area contributed by atoms with E-state index in [9.17, 15) is 4.79 Å². The lowest BCUT2D eigenvalue weighted by Gasteiger charge is -1.70. The van der Waals surface area contributed by atoms with Gasteiger partial charge in [-0.25, -0.2) is 9.79 Å². The van der Waals surface area contributed by atoms with Crippen LogP contribution in [0.2, 0.25) is 0 Å². The van der Waals surface area contributed by atoms with E-state index in [0.717, 1.165) is 0 Å². The largest absolute Gasteiger partial charge is 1.00 e.